The number of non-ortho nitro benzene ring substituents is 1. The molecule has 0 saturated carbocycles. The fraction of sp³-hybridized carbons (Fsp3) is 0.412. The molecule has 2 heterocycles. The third kappa shape index (κ3) is 3.69. The number of aromatic nitrogens is 2. The standard InChI is InChI=1S/C17H20N4O4/c1-11(15-4-3-9-25-15)18-17(22)14-10-20(2)19-16(14)12-5-7-13(8-6-12)21(23)24/h5-8,10-11,15H,3-4,9H2,1-2H3,(H,18,22)/t11-,15+/m1/s1. The van der Waals surface area contributed by atoms with Crippen molar-refractivity contribution in [1.29, 1.82) is 0 Å². The van der Waals surface area contributed by atoms with Gasteiger partial charge in [-0.05, 0) is 31.9 Å². The maximum absolute atomic E-state index is 12.7. The molecule has 0 aliphatic carbocycles. The second kappa shape index (κ2) is 7.02. The molecule has 1 amide bonds. The first-order valence-electron chi connectivity index (χ1n) is 8.16. The van der Waals surface area contributed by atoms with Gasteiger partial charge in [-0.25, -0.2) is 0 Å². The minimum absolute atomic E-state index is 0.00214. The maximum Gasteiger partial charge on any atom is 0.269 e. The minimum atomic E-state index is -0.459. The van der Waals surface area contributed by atoms with Gasteiger partial charge in [-0.1, -0.05) is 0 Å². The van der Waals surface area contributed by atoms with Crippen LogP contribution in [0.1, 0.15) is 30.1 Å². The second-order valence-electron chi connectivity index (χ2n) is 6.18. The normalized spacial score (nSPS) is 18.1. The van der Waals surface area contributed by atoms with Gasteiger partial charge < -0.3 is 10.1 Å². The molecule has 1 aliphatic heterocycles. The Morgan fingerprint density at radius 3 is 2.76 bits per heavy atom. The average molecular weight is 344 g/mol. The first kappa shape index (κ1) is 17.1. The molecule has 8 heteroatoms. The zero-order chi connectivity index (χ0) is 18.0. The van der Waals surface area contributed by atoms with Crippen molar-refractivity contribution >= 4 is 11.6 Å². The average Bonchev–Trinajstić information content (AvgIpc) is 3.24. The number of aryl methyl sites for hydroxylation is 1. The topological polar surface area (TPSA) is 99.3 Å². The van der Waals surface area contributed by atoms with E-state index in [1.165, 1.54) is 12.1 Å². The van der Waals surface area contributed by atoms with Crippen molar-refractivity contribution < 1.29 is 14.5 Å². The lowest BCUT2D eigenvalue weighted by molar-refractivity contribution is -0.384. The minimum Gasteiger partial charge on any atom is -0.376 e. The molecule has 1 aromatic heterocycles. The molecule has 2 aromatic rings. The van der Waals surface area contributed by atoms with Crippen molar-refractivity contribution in [3.05, 3.63) is 46.1 Å². The summed E-state index contributed by atoms with van der Waals surface area (Å²) in [5, 5.41) is 18.1. The fourth-order valence-corrected chi connectivity index (χ4v) is 2.98. The van der Waals surface area contributed by atoms with Crippen molar-refractivity contribution in [3.63, 3.8) is 0 Å². The van der Waals surface area contributed by atoms with E-state index in [0.717, 1.165) is 19.4 Å². The van der Waals surface area contributed by atoms with Gasteiger partial charge >= 0.3 is 0 Å². The van der Waals surface area contributed by atoms with Crippen molar-refractivity contribution in [2.24, 2.45) is 7.05 Å². The summed E-state index contributed by atoms with van der Waals surface area (Å²) in [5.41, 5.74) is 1.58. The Morgan fingerprint density at radius 2 is 2.16 bits per heavy atom. The van der Waals surface area contributed by atoms with Gasteiger partial charge in [-0.3, -0.25) is 19.6 Å². The Labute approximate surface area is 144 Å². The van der Waals surface area contributed by atoms with Crippen LogP contribution in [0, 0.1) is 10.1 Å². The number of nitrogens with one attached hydrogen (secondary N) is 1. The van der Waals surface area contributed by atoms with Crippen LogP contribution in [0.25, 0.3) is 11.3 Å². The molecule has 1 aliphatic rings. The molecule has 0 radical (unpaired) electrons. The first-order chi connectivity index (χ1) is 12.0. The highest BCUT2D eigenvalue weighted by molar-refractivity contribution is 6.00. The Balaban J connectivity index is 1.82. The van der Waals surface area contributed by atoms with E-state index < -0.39 is 4.92 Å². The van der Waals surface area contributed by atoms with Gasteiger partial charge in [0.1, 0.15) is 5.69 Å². The number of rotatable bonds is 5. The van der Waals surface area contributed by atoms with E-state index >= 15 is 0 Å². The van der Waals surface area contributed by atoms with E-state index in [4.69, 9.17) is 4.74 Å². The van der Waals surface area contributed by atoms with Crippen LogP contribution in [0.4, 0.5) is 5.69 Å². The predicted molar refractivity (Wildman–Crippen MR) is 91.2 cm³/mol. The Morgan fingerprint density at radius 1 is 1.44 bits per heavy atom. The molecule has 0 bridgehead atoms. The van der Waals surface area contributed by atoms with Gasteiger partial charge in [-0.15, -0.1) is 0 Å². The number of nitro groups is 1. The molecule has 132 valence electrons. The first-order valence-corrected chi connectivity index (χ1v) is 8.16. The van der Waals surface area contributed by atoms with Crippen LogP contribution in [0.5, 0.6) is 0 Å². The van der Waals surface area contributed by atoms with Crippen LogP contribution in [0.15, 0.2) is 30.5 Å². The van der Waals surface area contributed by atoms with Crippen molar-refractivity contribution in [1.82, 2.24) is 15.1 Å². The predicted octanol–water partition coefficient (Wildman–Crippen LogP) is 2.29. The highest BCUT2D eigenvalue weighted by atomic mass is 16.6. The van der Waals surface area contributed by atoms with E-state index in [1.807, 2.05) is 6.92 Å². The number of carbonyl (C=O) groups excluding carboxylic acids is 1. The lowest BCUT2D eigenvalue weighted by Crippen LogP contribution is -2.40. The van der Waals surface area contributed by atoms with E-state index in [9.17, 15) is 14.9 Å². The summed E-state index contributed by atoms with van der Waals surface area (Å²) in [6.07, 6.45) is 3.62. The third-order valence-corrected chi connectivity index (χ3v) is 4.31. The van der Waals surface area contributed by atoms with E-state index in [2.05, 4.69) is 10.4 Å². The van der Waals surface area contributed by atoms with Gasteiger partial charge in [0.2, 0.25) is 0 Å². The van der Waals surface area contributed by atoms with Crippen molar-refractivity contribution in [2.75, 3.05) is 6.61 Å². The molecule has 0 unspecified atom stereocenters. The number of nitro benzene ring substituents is 1. The van der Waals surface area contributed by atoms with Crippen LogP contribution < -0.4 is 5.32 Å². The Bertz CT molecular complexity index is 778. The summed E-state index contributed by atoms with van der Waals surface area (Å²) < 4.78 is 7.17. The molecule has 1 N–H and O–H groups in total. The van der Waals surface area contributed by atoms with Crippen LogP contribution in [0.3, 0.4) is 0 Å². The maximum atomic E-state index is 12.7. The summed E-state index contributed by atoms with van der Waals surface area (Å²) >= 11 is 0. The summed E-state index contributed by atoms with van der Waals surface area (Å²) in [6.45, 7) is 2.65. The number of amides is 1. The summed E-state index contributed by atoms with van der Waals surface area (Å²) in [5.74, 6) is -0.232. The molecule has 1 fully saturated rings. The number of hydrogen-bond acceptors (Lipinski definition) is 5. The van der Waals surface area contributed by atoms with Crippen LogP contribution in [0.2, 0.25) is 0 Å². The lowest BCUT2D eigenvalue weighted by Gasteiger charge is -2.19. The van der Waals surface area contributed by atoms with Crippen LogP contribution in [-0.2, 0) is 11.8 Å². The van der Waals surface area contributed by atoms with Crippen molar-refractivity contribution in [3.8, 4) is 11.3 Å². The van der Waals surface area contributed by atoms with Crippen LogP contribution in [-0.4, -0.2) is 39.4 Å². The number of benzene rings is 1. The zero-order valence-corrected chi connectivity index (χ0v) is 14.1. The molecule has 25 heavy (non-hydrogen) atoms. The van der Waals surface area contributed by atoms with E-state index in [-0.39, 0.29) is 23.7 Å². The SMILES string of the molecule is C[C@@H](NC(=O)c1cn(C)nc1-c1ccc([N+](=O)[O-])cc1)[C@@H]1CCCO1. The molecule has 1 aromatic carbocycles. The Kier molecular flexibility index (Phi) is 4.80. The van der Waals surface area contributed by atoms with E-state index in [0.29, 0.717) is 16.8 Å². The van der Waals surface area contributed by atoms with Crippen LogP contribution >= 0.6 is 0 Å². The molecular formula is C17H20N4O4. The quantitative estimate of drug-likeness (QED) is 0.663. The zero-order valence-electron chi connectivity index (χ0n) is 14.1. The number of hydrogen-bond donors (Lipinski definition) is 1. The number of ether oxygens (including phenoxy) is 1. The summed E-state index contributed by atoms with van der Waals surface area (Å²) in [6, 6.07) is 5.91. The fourth-order valence-electron chi connectivity index (χ4n) is 2.98. The molecule has 2 atom stereocenters. The van der Waals surface area contributed by atoms with Gasteiger partial charge in [0.05, 0.1) is 22.6 Å². The van der Waals surface area contributed by atoms with E-state index in [1.54, 1.807) is 30.1 Å². The third-order valence-electron chi connectivity index (χ3n) is 4.31. The molecular weight excluding hydrogens is 324 g/mol. The monoisotopic (exact) mass is 344 g/mol. The summed E-state index contributed by atoms with van der Waals surface area (Å²) in [7, 11) is 1.73. The molecule has 3 rings (SSSR count). The molecule has 8 nitrogen and oxygen atoms in total. The van der Waals surface area contributed by atoms with Gasteiger partial charge in [0.25, 0.3) is 11.6 Å². The number of nitrogens with zero attached hydrogens (tertiary/aromatic N) is 3. The highest BCUT2D eigenvalue weighted by Gasteiger charge is 2.26. The largest absolute Gasteiger partial charge is 0.376 e. The Hall–Kier alpha value is -2.74. The van der Waals surface area contributed by atoms with Crippen molar-refractivity contribution in [2.45, 2.75) is 31.9 Å². The van der Waals surface area contributed by atoms with Gasteiger partial charge in [0, 0.05) is 37.5 Å². The lowest BCUT2D eigenvalue weighted by atomic mass is 10.1. The summed E-state index contributed by atoms with van der Waals surface area (Å²) in [4.78, 5) is 23.0. The molecule has 1 saturated heterocycles. The van der Waals surface area contributed by atoms with Gasteiger partial charge in [0.15, 0.2) is 0 Å². The molecule has 0 spiro atoms. The van der Waals surface area contributed by atoms with Gasteiger partial charge in [-0.2, -0.15) is 5.10 Å². The smallest absolute Gasteiger partial charge is 0.269 e. The highest BCUT2D eigenvalue weighted by Crippen LogP contribution is 2.25. The second-order valence-corrected chi connectivity index (χ2v) is 6.18. The number of carbonyl (C=O) groups is 1.